The number of carbonyl (C=O) groups is 1. The lowest BCUT2D eigenvalue weighted by Crippen LogP contribution is -2.44. The largest absolute Gasteiger partial charge is 0.480 e. The van der Waals surface area contributed by atoms with Crippen LogP contribution in [0.3, 0.4) is 0 Å². The molecule has 0 aliphatic rings. The number of nitro groups is 1. The van der Waals surface area contributed by atoms with Crippen LogP contribution in [0.15, 0.2) is 21.5 Å². The van der Waals surface area contributed by atoms with Crippen molar-refractivity contribution in [3.05, 3.63) is 32.3 Å². The van der Waals surface area contributed by atoms with Gasteiger partial charge in [-0.15, -0.1) is 0 Å². The number of hydrogen-bond acceptors (Lipinski definition) is 5. The molecule has 0 radical (unpaired) electrons. The van der Waals surface area contributed by atoms with Crippen LogP contribution in [0, 0.1) is 23.0 Å². The average molecular weight is 395 g/mol. The first-order valence-corrected chi connectivity index (χ1v) is 8.44. The third-order valence-electron chi connectivity index (χ3n) is 3.01. The van der Waals surface area contributed by atoms with Crippen LogP contribution in [0.1, 0.15) is 19.4 Å². The Hall–Kier alpha value is -1.52. The summed E-state index contributed by atoms with van der Waals surface area (Å²) in [5, 5.41) is 20.0. The molecule has 1 aromatic carbocycles. The molecule has 8 nitrogen and oxygen atoms in total. The van der Waals surface area contributed by atoms with Crippen LogP contribution in [-0.4, -0.2) is 30.5 Å². The number of nitro benzene ring substituents is 1. The summed E-state index contributed by atoms with van der Waals surface area (Å²) in [7, 11) is -4.21. The fourth-order valence-corrected chi connectivity index (χ4v) is 3.68. The molecule has 0 bridgehead atoms. The van der Waals surface area contributed by atoms with Gasteiger partial charge in [0.1, 0.15) is 6.04 Å². The first kappa shape index (κ1) is 18.5. The number of carboxylic acids is 1. The van der Waals surface area contributed by atoms with Gasteiger partial charge in [0.2, 0.25) is 10.0 Å². The van der Waals surface area contributed by atoms with Gasteiger partial charge in [-0.3, -0.25) is 14.9 Å². The number of benzene rings is 1. The standard InChI is InChI=1S/C12H15BrN2O6S/c1-6(2)11(12(16)17)14-22(20,21)8-4-9(13)7(3)10(5-8)15(18)19/h4-6,11,14H,1-3H3,(H,16,17)/t11-/m1/s1. The molecule has 0 aliphatic heterocycles. The van der Waals surface area contributed by atoms with E-state index in [-0.39, 0.29) is 20.6 Å². The molecule has 0 unspecified atom stereocenters. The lowest BCUT2D eigenvalue weighted by Gasteiger charge is -2.18. The third kappa shape index (κ3) is 4.02. The van der Waals surface area contributed by atoms with E-state index in [0.717, 1.165) is 6.07 Å². The molecule has 0 fully saturated rings. The molecule has 10 heteroatoms. The zero-order valence-corrected chi connectivity index (χ0v) is 14.4. The quantitative estimate of drug-likeness (QED) is 0.561. The van der Waals surface area contributed by atoms with E-state index in [9.17, 15) is 23.3 Å². The number of nitrogens with zero attached hydrogens (tertiary/aromatic N) is 1. The smallest absolute Gasteiger partial charge is 0.322 e. The Kier molecular flexibility index (Phi) is 5.65. The second-order valence-electron chi connectivity index (χ2n) is 4.99. The van der Waals surface area contributed by atoms with Crippen LogP contribution in [0.4, 0.5) is 5.69 Å². The number of rotatable bonds is 6. The summed E-state index contributed by atoms with van der Waals surface area (Å²) < 4.78 is 26.8. The Balaban J connectivity index is 3.35. The zero-order valence-electron chi connectivity index (χ0n) is 12.0. The molecule has 0 saturated heterocycles. The fraction of sp³-hybridized carbons (Fsp3) is 0.417. The van der Waals surface area contributed by atoms with E-state index >= 15 is 0 Å². The molecule has 0 aliphatic carbocycles. The van der Waals surface area contributed by atoms with Gasteiger partial charge >= 0.3 is 5.97 Å². The van der Waals surface area contributed by atoms with Crippen LogP contribution in [0.5, 0.6) is 0 Å². The summed E-state index contributed by atoms with van der Waals surface area (Å²) in [5.41, 5.74) is -0.0891. The van der Waals surface area contributed by atoms with Crippen molar-refractivity contribution in [3.8, 4) is 0 Å². The Bertz CT molecular complexity index is 717. The number of carboxylic acid groups (broad SMARTS) is 1. The molecule has 1 aromatic rings. The number of hydrogen-bond donors (Lipinski definition) is 2. The number of aliphatic carboxylic acids is 1. The summed E-state index contributed by atoms with van der Waals surface area (Å²) in [6, 6.07) is 0.773. The maximum absolute atomic E-state index is 12.3. The van der Waals surface area contributed by atoms with Gasteiger partial charge in [0.05, 0.1) is 9.82 Å². The van der Waals surface area contributed by atoms with E-state index in [1.54, 1.807) is 13.8 Å². The molecule has 2 N–H and O–H groups in total. The number of halogens is 1. The number of sulfonamides is 1. The molecule has 0 saturated carbocycles. The van der Waals surface area contributed by atoms with E-state index < -0.39 is 32.9 Å². The highest BCUT2D eigenvalue weighted by Gasteiger charge is 2.29. The van der Waals surface area contributed by atoms with Crippen LogP contribution in [-0.2, 0) is 14.8 Å². The summed E-state index contributed by atoms with van der Waals surface area (Å²) in [5.74, 6) is -1.81. The van der Waals surface area contributed by atoms with E-state index in [0.29, 0.717) is 0 Å². The van der Waals surface area contributed by atoms with E-state index in [1.807, 2.05) is 0 Å². The van der Waals surface area contributed by atoms with Gasteiger partial charge < -0.3 is 5.11 Å². The highest BCUT2D eigenvalue weighted by molar-refractivity contribution is 9.10. The Morgan fingerprint density at radius 2 is 1.95 bits per heavy atom. The van der Waals surface area contributed by atoms with Gasteiger partial charge in [-0.05, 0) is 18.9 Å². The Labute approximate surface area is 135 Å². The van der Waals surface area contributed by atoms with Crippen LogP contribution in [0.25, 0.3) is 0 Å². The monoisotopic (exact) mass is 394 g/mol. The van der Waals surface area contributed by atoms with Crippen molar-refractivity contribution in [2.24, 2.45) is 5.92 Å². The van der Waals surface area contributed by atoms with Crippen molar-refractivity contribution in [1.82, 2.24) is 4.72 Å². The van der Waals surface area contributed by atoms with Crippen molar-refractivity contribution in [2.45, 2.75) is 31.7 Å². The SMILES string of the molecule is Cc1c(Br)cc(S(=O)(=O)N[C@@H](C(=O)O)C(C)C)cc1[N+](=O)[O-]. The van der Waals surface area contributed by atoms with Gasteiger partial charge in [0.15, 0.2) is 0 Å². The first-order valence-electron chi connectivity index (χ1n) is 6.17. The van der Waals surface area contributed by atoms with Crippen molar-refractivity contribution >= 4 is 37.6 Å². The molecule has 1 rings (SSSR count). The van der Waals surface area contributed by atoms with Gasteiger partial charge in [0.25, 0.3) is 5.69 Å². The lowest BCUT2D eigenvalue weighted by molar-refractivity contribution is -0.385. The van der Waals surface area contributed by atoms with Gasteiger partial charge in [0, 0.05) is 16.1 Å². The van der Waals surface area contributed by atoms with Crippen molar-refractivity contribution < 1.29 is 23.2 Å². The highest BCUT2D eigenvalue weighted by atomic mass is 79.9. The summed E-state index contributed by atoms with van der Waals surface area (Å²) in [6.07, 6.45) is 0. The van der Waals surface area contributed by atoms with Crippen molar-refractivity contribution in [2.75, 3.05) is 0 Å². The van der Waals surface area contributed by atoms with Crippen LogP contribution in [0.2, 0.25) is 0 Å². The summed E-state index contributed by atoms with van der Waals surface area (Å²) in [4.78, 5) is 21.0. The second-order valence-corrected chi connectivity index (χ2v) is 7.56. The predicted molar refractivity (Wildman–Crippen MR) is 82.1 cm³/mol. The van der Waals surface area contributed by atoms with Gasteiger partial charge in [-0.25, -0.2) is 8.42 Å². The van der Waals surface area contributed by atoms with Crippen LogP contribution < -0.4 is 4.72 Å². The Morgan fingerprint density at radius 3 is 2.36 bits per heavy atom. The van der Waals surface area contributed by atoms with Gasteiger partial charge in [-0.2, -0.15) is 4.72 Å². The predicted octanol–water partition coefficient (Wildman–Crippen LogP) is 2.05. The Morgan fingerprint density at radius 1 is 1.41 bits per heavy atom. The average Bonchev–Trinajstić information content (AvgIpc) is 2.37. The molecule has 122 valence electrons. The minimum Gasteiger partial charge on any atom is -0.480 e. The molecule has 1 atom stereocenters. The molecule has 22 heavy (non-hydrogen) atoms. The fourth-order valence-electron chi connectivity index (χ4n) is 1.69. The summed E-state index contributed by atoms with van der Waals surface area (Å²) >= 11 is 3.07. The molecule has 0 aromatic heterocycles. The minimum atomic E-state index is -4.21. The summed E-state index contributed by atoms with van der Waals surface area (Å²) in [6.45, 7) is 4.57. The topological polar surface area (TPSA) is 127 Å². The molecule has 0 heterocycles. The van der Waals surface area contributed by atoms with E-state index in [2.05, 4.69) is 20.7 Å². The maximum atomic E-state index is 12.3. The first-order chi connectivity index (χ1) is 9.97. The van der Waals surface area contributed by atoms with Crippen LogP contribution >= 0.6 is 15.9 Å². The number of nitrogens with one attached hydrogen (secondary N) is 1. The second kappa shape index (κ2) is 6.71. The lowest BCUT2D eigenvalue weighted by atomic mass is 10.1. The molecule has 0 spiro atoms. The van der Waals surface area contributed by atoms with Crippen molar-refractivity contribution in [3.63, 3.8) is 0 Å². The zero-order chi connectivity index (χ0) is 17.2. The molecular formula is C12H15BrN2O6S. The van der Waals surface area contributed by atoms with E-state index in [1.165, 1.54) is 13.0 Å². The molecular weight excluding hydrogens is 380 g/mol. The highest BCUT2D eigenvalue weighted by Crippen LogP contribution is 2.30. The molecule has 0 amide bonds. The normalized spacial score (nSPS) is 13.1. The minimum absolute atomic E-state index is 0.249. The van der Waals surface area contributed by atoms with Crippen molar-refractivity contribution in [1.29, 1.82) is 0 Å². The van der Waals surface area contributed by atoms with E-state index in [4.69, 9.17) is 5.11 Å². The van der Waals surface area contributed by atoms with Gasteiger partial charge in [-0.1, -0.05) is 29.8 Å². The maximum Gasteiger partial charge on any atom is 0.322 e. The third-order valence-corrected chi connectivity index (χ3v) is 5.26.